The number of methoxy groups -OCH3 is 2. The Morgan fingerprint density at radius 2 is 1.63 bits per heavy atom. The van der Waals surface area contributed by atoms with Crippen LogP contribution in [0.5, 0.6) is 0 Å². The van der Waals surface area contributed by atoms with Crippen LogP contribution in [0.15, 0.2) is 70.6 Å². The van der Waals surface area contributed by atoms with E-state index in [4.69, 9.17) is 9.47 Å². The highest BCUT2D eigenvalue weighted by molar-refractivity contribution is 7.89. The fraction of sp³-hybridized carbons (Fsp3) is 0.280. The number of carbonyl (C=O) groups excluding carboxylic acids is 1. The Labute approximate surface area is 208 Å². The molecule has 1 heterocycles. The van der Waals surface area contributed by atoms with E-state index in [1.54, 1.807) is 0 Å². The third-order valence-electron chi connectivity index (χ3n) is 5.73. The second-order valence-electron chi connectivity index (χ2n) is 7.91. The van der Waals surface area contributed by atoms with Gasteiger partial charge >= 0.3 is 0 Å². The van der Waals surface area contributed by atoms with Gasteiger partial charge in [0.25, 0.3) is 5.91 Å². The summed E-state index contributed by atoms with van der Waals surface area (Å²) >= 11 is 1.45. The molecule has 0 spiro atoms. The zero-order valence-corrected chi connectivity index (χ0v) is 21.4. The average Bonchev–Trinajstić information content (AvgIpc) is 3.19. The smallest absolute Gasteiger partial charge is 0.279 e. The maximum atomic E-state index is 13.1. The fourth-order valence-corrected chi connectivity index (χ4v) is 6.33. The molecule has 0 saturated heterocycles. The summed E-state index contributed by atoms with van der Waals surface area (Å²) in [6, 6.07) is 18.0. The number of nitrogens with zero attached hydrogens (tertiary/aromatic N) is 3. The van der Waals surface area contributed by atoms with E-state index in [9.17, 15) is 13.2 Å². The minimum Gasteiger partial charge on any atom is -0.383 e. The van der Waals surface area contributed by atoms with Gasteiger partial charge in [-0.3, -0.25) is 4.79 Å². The van der Waals surface area contributed by atoms with Crippen LogP contribution in [0.2, 0.25) is 0 Å². The average molecular weight is 514 g/mol. The number of aromatic nitrogens is 1. The Kier molecular flexibility index (Phi) is 7.78. The molecule has 1 amide bonds. The number of hydrogen-bond acceptors (Lipinski definition) is 6. The van der Waals surface area contributed by atoms with E-state index < -0.39 is 15.9 Å². The number of rotatable bonds is 9. The van der Waals surface area contributed by atoms with Crippen LogP contribution in [0, 0.1) is 0 Å². The van der Waals surface area contributed by atoms with Gasteiger partial charge in [-0.1, -0.05) is 41.7 Å². The summed E-state index contributed by atoms with van der Waals surface area (Å²) in [6.45, 7) is 0.935. The van der Waals surface area contributed by atoms with Crippen molar-refractivity contribution in [3.05, 3.63) is 71.0 Å². The summed E-state index contributed by atoms with van der Waals surface area (Å²) in [4.78, 5) is 17.9. The monoisotopic (exact) mass is 513 g/mol. The summed E-state index contributed by atoms with van der Waals surface area (Å²) in [6.07, 6.45) is 0. The van der Waals surface area contributed by atoms with Crippen molar-refractivity contribution in [1.29, 1.82) is 0 Å². The lowest BCUT2D eigenvalue weighted by molar-refractivity contribution is 0.0998. The number of thiazole rings is 1. The minimum atomic E-state index is -3.76. The number of carbonyl (C=O) groups is 1. The zero-order chi connectivity index (χ0) is 25.0. The first kappa shape index (κ1) is 25.2. The standard InChI is InChI=1S/C25H27N3O5S2/c1-27-22-13-10-18-6-4-5-7-21(18)23(22)34-25(27)26-24(29)19-8-11-20(12-9-19)35(30,31)28(14-16-32-2)15-17-33-3/h4-13H,14-17H2,1-3H3. The van der Waals surface area contributed by atoms with E-state index >= 15 is 0 Å². The lowest BCUT2D eigenvalue weighted by Gasteiger charge is -2.21. The van der Waals surface area contributed by atoms with Crippen LogP contribution >= 0.6 is 11.3 Å². The molecule has 0 N–H and O–H groups in total. The van der Waals surface area contributed by atoms with Crippen LogP contribution in [0.4, 0.5) is 0 Å². The Hall–Kier alpha value is -2.89. The SMILES string of the molecule is COCCN(CCOC)S(=O)(=O)c1ccc(C(=O)N=c2sc3c4ccccc4ccc3n2C)cc1. The van der Waals surface area contributed by atoms with Gasteiger partial charge in [0.15, 0.2) is 4.80 Å². The van der Waals surface area contributed by atoms with Crippen LogP contribution in [0.25, 0.3) is 21.0 Å². The Bertz CT molecular complexity index is 1510. The van der Waals surface area contributed by atoms with Gasteiger partial charge in [0.1, 0.15) is 0 Å². The van der Waals surface area contributed by atoms with Crippen molar-refractivity contribution in [3.63, 3.8) is 0 Å². The highest BCUT2D eigenvalue weighted by Gasteiger charge is 2.24. The highest BCUT2D eigenvalue weighted by atomic mass is 32.2. The maximum absolute atomic E-state index is 13.1. The Balaban J connectivity index is 1.63. The van der Waals surface area contributed by atoms with Gasteiger partial charge in [0.2, 0.25) is 10.0 Å². The van der Waals surface area contributed by atoms with Crippen molar-refractivity contribution in [2.45, 2.75) is 4.90 Å². The molecule has 10 heteroatoms. The molecule has 8 nitrogen and oxygen atoms in total. The summed E-state index contributed by atoms with van der Waals surface area (Å²) in [5.41, 5.74) is 1.31. The molecule has 0 fully saturated rings. The van der Waals surface area contributed by atoms with E-state index in [0.29, 0.717) is 10.4 Å². The molecule has 0 saturated carbocycles. The van der Waals surface area contributed by atoms with Gasteiger partial charge in [-0.05, 0) is 35.7 Å². The number of ether oxygens (including phenoxy) is 2. The lowest BCUT2D eigenvalue weighted by atomic mass is 10.1. The second kappa shape index (κ2) is 10.8. The van der Waals surface area contributed by atoms with E-state index in [-0.39, 0.29) is 31.2 Å². The molecule has 0 aliphatic rings. The number of aryl methyl sites for hydroxylation is 1. The predicted octanol–water partition coefficient (Wildman–Crippen LogP) is 3.42. The second-order valence-corrected chi connectivity index (χ2v) is 10.8. The van der Waals surface area contributed by atoms with Gasteiger partial charge in [0, 0.05) is 45.3 Å². The normalized spacial score (nSPS) is 12.7. The molecule has 1 aromatic heterocycles. The third-order valence-corrected chi connectivity index (χ3v) is 8.82. The lowest BCUT2D eigenvalue weighted by Crippen LogP contribution is -2.36. The van der Waals surface area contributed by atoms with Crippen molar-refractivity contribution in [1.82, 2.24) is 8.87 Å². The first-order valence-electron chi connectivity index (χ1n) is 11.0. The van der Waals surface area contributed by atoms with E-state index in [2.05, 4.69) is 23.2 Å². The van der Waals surface area contributed by atoms with Crippen LogP contribution in [-0.2, 0) is 26.5 Å². The molecule has 0 atom stereocenters. The summed E-state index contributed by atoms with van der Waals surface area (Å²) in [5, 5.41) is 2.24. The number of fused-ring (bicyclic) bond motifs is 3. The van der Waals surface area contributed by atoms with Crippen LogP contribution in [-0.4, -0.2) is 63.7 Å². The molecule has 35 heavy (non-hydrogen) atoms. The highest BCUT2D eigenvalue weighted by Crippen LogP contribution is 2.27. The number of sulfonamides is 1. The molecule has 4 rings (SSSR count). The van der Waals surface area contributed by atoms with Crippen molar-refractivity contribution >= 4 is 48.3 Å². The molecule has 0 aliphatic carbocycles. The van der Waals surface area contributed by atoms with E-state index in [1.165, 1.54) is 54.1 Å². The van der Waals surface area contributed by atoms with Crippen LogP contribution in [0.1, 0.15) is 10.4 Å². The third kappa shape index (κ3) is 5.21. The predicted molar refractivity (Wildman–Crippen MR) is 137 cm³/mol. The summed E-state index contributed by atoms with van der Waals surface area (Å²) < 4.78 is 40.5. The van der Waals surface area contributed by atoms with Gasteiger partial charge in [-0.15, -0.1) is 0 Å². The molecule has 0 aliphatic heterocycles. The van der Waals surface area contributed by atoms with E-state index in [0.717, 1.165) is 21.0 Å². The van der Waals surface area contributed by atoms with Crippen molar-refractivity contribution < 1.29 is 22.7 Å². The topological polar surface area (TPSA) is 90.2 Å². The molecule has 4 aromatic rings. The number of hydrogen-bond donors (Lipinski definition) is 0. The van der Waals surface area contributed by atoms with Crippen molar-refractivity contribution in [2.24, 2.45) is 12.0 Å². The first-order chi connectivity index (χ1) is 16.9. The maximum Gasteiger partial charge on any atom is 0.279 e. The molecule has 0 radical (unpaired) electrons. The molecule has 0 bridgehead atoms. The molecule has 0 unspecified atom stereocenters. The van der Waals surface area contributed by atoms with Crippen molar-refractivity contribution in [3.8, 4) is 0 Å². The number of benzene rings is 3. The van der Waals surface area contributed by atoms with Gasteiger partial charge in [-0.2, -0.15) is 9.30 Å². The summed E-state index contributed by atoms with van der Waals surface area (Å²) in [5.74, 6) is -0.434. The van der Waals surface area contributed by atoms with Crippen molar-refractivity contribution in [2.75, 3.05) is 40.5 Å². The Morgan fingerprint density at radius 1 is 0.971 bits per heavy atom. The molecule has 184 valence electrons. The molecule has 3 aromatic carbocycles. The minimum absolute atomic E-state index is 0.0974. The summed E-state index contributed by atoms with van der Waals surface area (Å²) in [7, 11) is 1.15. The largest absolute Gasteiger partial charge is 0.383 e. The van der Waals surface area contributed by atoms with Crippen LogP contribution < -0.4 is 4.80 Å². The fourth-order valence-electron chi connectivity index (χ4n) is 3.77. The van der Waals surface area contributed by atoms with Gasteiger partial charge < -0.3 is 14.0 Å². The Morgan fingerprint density at radius 3 is 2.29 bits per heavy atom. The molecular formula is C25H27N3O5S2. The quantitative estimate of drug-likeness (QED) is 0.342. The van der Waals surface area contributed by atoms with Crippen LogP contribution in [0.3, 0.4) is 0 Å². The molecular weight excluding hydrogens is 486 g/mol. The zero-order valence-electron chi connectivity index (χ0n) is 19.8. The van der Waals surface area contributed by atoms with Gasteiger partial charge in [0.05, 0.1) is 28.3 Å². The number of amides is 1. The first-order valence-corrected chi connectivity index (χ1v) is 13.3. The van der Waals surface area contributed by atoms with E-state index in [1.807, 2.05) is 29.8 Å². The van der Waals surface area contributed by atoms with Gasteiger partial charge in [-0.25, -0.2) is 8.42 Å².